The highest BCUT2D eigenvalue weighted by Gasteiger charge is 2.48. The van der Waals surface area contributed by atoms with Gasteiger partial charge >= 0.3 is 6.09 Å². The number of aryl methyl sites for hydroxylation is 1. The summed E-state index contributed by atoms with van der Waals surface area (Å²) in [6.07, 6.45) is 1.92. The molecule has 0 aliphatic carbocycles. The van der Waals surface area contributed by atoms with E-state index >= 15 is 8.78 Å². The van der Waals surface area contributed by atoms with Gasteiger partial charge in [-0.15, -0.1) is 0 Å². The van der Waals surface area contributed by atoms with Crippen molar-refractivity contribution in [2.45, 2.75) is 70.4 Å². The molecular weight excluding hydrogens is 605 g/mol. The van der Waals surface area contributed by atoms with E-state index in [1.165, 1.54) is 23.0 Å². The molecule has 0 radical (unpaired) electrons. The fraction of sp³-hybridized carbons (Fsp3) is 0.448. The van der Waals surface area contributed by atoms with E-state index in [0.29, 0.717) is 23.9 Å². The van der Waals surface area contributed by atoms with E-state index in [-0.39, 0.29) is 39.4 Å². The van der Waals surface area contributed by atoms with Crippen LogP contribution in [0.25, 0.3) is 32.9 Å². The van der Waals surface area contributed by atoms with Gasteiger partial charge in [0.15, 0.2) is 11.6 Å². The van der Waals surface area contributed by atoms with E-state index in [1.807, 2.05) is 20.8 Å². The smallest absolute Gasteiger partial charge is 0.410 e. The number of aromatic hydroxyl groups is 1. The Morgan fingerprint density at radius 1 is 1.19 bits per heavy atom. The summed E-state index contributed by atoms with van der Waals surface area (Å²) in [5, 5.41) is 18.1. The zero-order valence-electron chi connectivity index (χ0n) is 24.1. The van der Waals surface area contributed by atoms with E-state index < -0.39 is 52.2 Å². The van der Waals surface area contributed by atoms with Crippen LogP contribution in [0.1, 0.15) is 40.5 Å². The summed E-state index contributed by atoms with van der Waals surface area (Å²) in [7, 11) is 1.60. The van der Waals surface area contributed by atoms with Gasteiger partial charge in [-0.25, -0.2) is 18.6 Å². The number of rotatable bonds is 4. The molecule has 0 saturated carbocycles. The minimum absolute atomic E-state index is 0.0351. The number of fused-ring (bicyclic) bond motifs is 4. The van der Waals surface area contributed by atoms with Crippen molar-refractivity contribution in [3.8, 4) is 22.8 Å². The highest BCUT2D eigenvalue weighted by Crippen LogP contribution is 2.49. The van der Waals surface area contributed by atoms with Gasteiger partial charge in [0.2, 0.25) is 11.2 Å². The van der Waals surface area contributed by atoms with Crippen LogP contribution in [-0.4, -0.2) is 72.2 Å². The summed E-state index contributed by atoms with van der Waals surface area (Å²) in [4.78, 5) is 22.7. The summed E-state index contributed by atoms with van der Waals surface area (Å²) in [5.74, 6) is -2.58. The molecule has 2 aromatic heterocycles. The summed E-state index contributed by atoms with van der Waals surface area (Å²) in [6, 6.07) is 2.03. The lowest BCUT2D eigenvalue weighted by Gasteiger charge is -2.43. The number of carbonyl (C=O) groups excluding carboxylic acids is 1. The van der Waals surface area contributed by atoms with E-state index in [9.17, 15) is 9.90 Å². The van der Waals surface area contributed by atoms with Crippen molar-refractivity contribution < 1.29 is 28.2 Å². The van der Waals surface area contributed by atoms with Crippen molar-refractivity contribution in [3.63, 3.8) is 0 Å². The molecule has 2 saturated heterocycles. The number of hydrogen-bond donors (Lipinski definition) is 2. The Kier molecular flexibility index (Phi) is 7.29. The average molecular weight is 635 g/mol. The van der Waals surface area contributed by atoms with Crippen molar-refractivity contribution >= 4 is 51.1 Å². The van der Waals surface area contributed by atoms with Crippen LogP contribution in [0.5, 0.6) is 11.6 Å². The maximum absolute atomic E-state index is 16.3. The monoisotopic (exact) mass is 634 g/mol. The molecule has 14 heteroatoms. The Hall–Kier alpha value is -3.48. The van der Waals surface area contributed by atoms with Gasteiger partial charge in [0, 0.05) is 36.1 Å². The van der Waals surface area contributed by atoms with Crippen LogP contribution in [0.15, 0.2) is 18.3 Å². The molecular formula is C29H30Cl2F2N6O4. The molecule has 2 bridgehead atoms. The standard InChI is InChI=1S/C29H30Cl2F2N6O4/c1-12(22-16-9-7-14(11-34-22)39(16)28(41)43-29(2,3)4)42-25-19-23(36-27(31)37-26(19)40)21(33)18(20(25)30)17-15(32)8-6-13-10-35-38(5)24(13)17/h6,8,10,12,14,16,22,34H,7,9,11H2,1-5H3,(H,36,37,40)/t12-,14+,16-,22+/m0/s1. The van der Waals surface area contributed by atoms with Crippen molar-refractivity contribution in [3.05, 3.63) is 40.3 Å². The first-order valence-corrected chi connectivity index (χ1v) is 14.6. The number of hydrogen-bond acceptors (Lipinski definition) is 8. The summed E-state index contributed by atoms with van der Waals surface area (Å²) >= 11 is 12.9. The average Bonchev–Trinajstić information content (AvgIpc) is 3.44. The second kappa shape index (κ2) is 10.6. The van der Waals surface area contributed by atoms with Gasteiger partial charge in [-0.3, -0.25) is 9.58 Å². The lowest BCUT2D eigenvalue weighted by atomic mass is 9.98. The first-order valence-electron chi connectivity index (χ1n) is 13.9. The first kappa shape index (κ1) is 29.6. The maximum Gasteiger partial charge on any atom is 0.410 e. The largest absolute Gasteiger partial charge is 0.493 e. The molecule has 2 aromatic carbocycles. The predicted octanol–water partition coefficient (Wildman–Crippen LogP) is 5.98. The second-order valence-electron chi connectivity index (χ2n) is 11.9. The lowest BCUT2D eigenvalue weighted by molar-refractivity contribution is -0.00462. The SMILES string of the molecule is C[C@H](Oc1c(Cl)c(-c2c(F)ccc3cnn(C)c23)c(F)c2nc(Cl)nc(O)c12)[C@H]1NC[C@H]2CC[C@@H]1N2C(=O)OC(C)(C)C. The minimum Gasteiger partial charge on any atom is -0.493 e. The van der Waals surface area contributed by atoms with Crippen molar-refractivity contribution in [2.75, 3.05) is 6.54 Å². The molecule has 10 nitrogen and oxygen atoms in total. The van der Waals surface area contributed by atoms with Gasteiger partial charge in [0.25, 0.3) is 0 Å². The molecule has 6 rings (SSSR count). The minimum atomic E-state index is -1.02. The van der Waals surface area contributed by atoms with E-state index in [2.05, 4.69) is 20.4 Å². The molecule has 2 aliphatic heterocycles. The van der Waals surface area contributed by atoms with Crippen LogP contribution in [0.2, 0.25) is 10.3 Å². The molecule has 228 valence electrons. The second-order valence-corrected chi connectivity index (χ2v) is 12.7. The Balaban J connectivity index is 1.48. The predicted molar refractivity (Wildman–Crippen MR) is 158 cm³/mol. The maximum atomic E-state index is 16.3. The van der Waals surface area contributed by atoms with Crippen LogP contribution < -0.4 is 10.1 Å². The Bertz CT molecular complexity index is 1780. The van der Waals surface area contributed by atoms with Crippen molar-refractivity contribution in [1.29, 1.82) is 0 Å². The van der Waals surface area contributed by atoms with E-state index in [1.54, 1.807) is 18.9 Å². The molecule has 2 N–H and O–H groups in total. The fourth-order valence-electron chi connectivity index (χ4n) is 6.25. The zero-order chi connectivity index (χ0) is 31.0. The number of nitrogens with one attached hydrogen (secondary N) is 1. The quantitative estimate of drug-likeness (QED) is 0.263. The van der Waals surface area contributed by atoms with Gasteiger partial charge < -0.3 is 19.9 Å². The van der Waals surface area contributed by atoms with Crippen LogP contribution in [0.3, 0.4) is 0 Å². The zero-order valence-corrected chi connectivity index (χ0v) is 25.6. The summed E-state index contributed by atoms with van der Waals surface area (Å²) in [5.41, 5.74) is -1.25. The number of nitrogens with zero attached hydrogens (tertiary/aromatic N) is 5. The normalized spacial score (nSPS) is 21.0. The molecule has 4 aromatic rings. The molecule has 4 heterocycles. The molecule has 4 atom stereocenters. The van der Waals surface area contributed by atoms with Crippen molar-refractivity contribution in [1.82, 2.24) is 30.0 Å². The number of ether oxygens (including phenoxy) is 2. The Morgan fingerprint density at radius 3 is 2.65 bits per heavy atom. The van der Waals surface area contributed by atoms with Crippen molar-refractivity contribution in [2.24, 2.45) is 7.05 Å². The third-order valence-electron chi connectivity index (χ3n) is 8.00. The molecule has 2 fully saturated rings. The number of amides is 1. The molecule has 0 unspecified atom stereocenters. The molecule has 2 aliphatic rings. The highest BCUT2D eigenvalue weighted by molar-refractivity contribution is 6.37. The van der Waals surface area contributed by atoms with Gasteiger partial charge in [-0.1, -0.05) is 11.6 Å². The van der Waals surface area contributed by atoms with Gasteiger partial charge in [0.1, 0.15) is 28.4 Å². The fourth-order valence-corrected chi connectivity index (χ4v) is 6.73. The van der Waals surface area contributed by atoms with E-state index in [4.69, 9.17) is 32.7 Å². The lowest BCUT2D eigenvalue weighted by Crippen LogP contribution is -2.64. The number of halogens is 4. The summed E-state index contributed by atoms with van der Waals surface area (Å²) in [6.45, 7) is 7.72. The van der Waals surface area contributed by atoms with Crippen LogP contribution in [0.4, 0.5) is 13.6 Å². The van der Waals surface area contributed by atoms with Crippen LogP contribution in [0, 0.1) is 11.6 Å². The Labute approximate surface area is 255 Å². The highest BCUT2D eigenvalue weighted by atomic mass is 35.5. The molecule has 1 amide bonds. The number of aromatic nitrogens is 4. The molecule has 43 heavy (non-hydrogen) atoms. The number of piperazine rings is 1. The Morgan fingerprint density at radius 2 is 1.93 bits per heavy atom. The van der Waals surface area contributed by atoms with Crippen LogP contribution >= 0.6 is 23.2 Å². The van der Waals surface area contributed by atoms with Gasteiger partial charge in [-0.05, 0) is 64.3 Å². The third kappa shape index (κ3) is 4.98. The topological polar surface area (TPSA) is 115 Å². The van der Waals surface area contributed by atoms with E-state index in [0.717, 1.165) is 6.42 Å². The molecule has 0 spiro atoms. The number of benzene rings is 2. The third-order valence-corrected chi connectivity index (χ3v) is 8.53. The van der Waals surface area contributed by atoms with Gasteiger partial charge in [0.05, 0.1) is 28.8 Å². The number of carbonyl (C=O) groups is 1. The van der Waals surface area contributed by atoms with Gasteiger partial charge in [-0.2, -0.15) is 10.1 Å². The first-order chi connectivity index (χ1) is 20.3. The summed E-state index contributed by atoms with van der Waals surface area (Å²) < 4.78 is 45.4. The van der Waals surface area contributed by atoms with Crippen LogP contribution in [-0.2, 0) is 11.8 Å².